The highest BCUT2D eigenvalue weighted by atomic mass is 16.5. The van der Waals surface area contributed by atoms with Gasteiger partial charge in [0.1, 0.15) is 12.4 Å². The number of ether oxygens (including phenoxy) is 2. The molecule has 0 aromatic carbocycles. The van der Waals surface area contributed by atoms with Crippen molar-refractivity contribution < 1.29 is 9.47 Å². The molecule has 15 heavy (non-hydrogen) atoms. The fourth-order valence-corrected chi connectivity index (χ4v) is 1.36. The van der Waals surface area contributed by atoms with Crippen LogP contribution >= 0.6 is 0 Å². The molecule has 0 atom stereocenters. The van der Waals surface area contributed by atoms with E-state index in [2.05, 4.69) is 15.0 Å². The van der Waals surface area contributed by atoms with Crippen molar-refractivity contribution in [1.29, 1.82) is 0 Å². The summed E-state index contributed by atoms with van der Waals surface area (Å²) in [5, 5.41) is 0. The van der Waals surface area contributed by atoms with Crippen molar-refractivity contribution in [1.82, 2.24) is 15.0 Å². The van der Waals surface area contributed by atoms with E-state index in [0.29, 0.717) is 24.7 Å². The monoisotopic (exact) mass is 207 g/mol. The van der Waals surface area contributed by atoms with E-state index in [1.54, 1.807) is 7.11 Å². The molecule has 0 amide bonds. The van der Waals surface area contributed by atoms with Crippen molar-refractivity contribution in [3.05, 3.63) is 18.0 Å². The SMILES string of the molecule is CCOc1ccc2[nH]c(COC)nc2n1. The molecular weight excluding hydrogens is 194 g/mol. The summed E-state index contributed by atoms with van der Waals surface area (Å²) in [6, 6.07) is 3.72. The maximum atomic E-state index is 5.29. The highest BCUT2D eigenvalue weighted by molar-refractivity contribution is 5.71. The van der Waals surface area contributed by atoms with Gasteiger partial charge >= 0.3 is 0 Å². The second-order valence-corrected chi connectivity index (χ2v) is 3.07. The Hall–Kier alpha value is -1.62. The number of nitrogens with one attached hydrogen (secondary N) is 1. The molecule has 0 aliphatic heterocycles. The number of hydrogen-bond acceptors (Lipinski definition) is 4. The minimum absolute atomic E-state index is 0.459. The van der Waals surface area contributed by atoms with Crippen LogP contribution in [0.2, 0.25) is 0 Å². The lowest BCUT2D eigenvalue weighted by molar-refractivity contribution is 0.179. The molecule has 2 aromatic heterocycles. The molecular formula is C10H13N3O2. The zero-order valence-electron chi connectivity index (χ0n) is 8.78. The van der Waals surface area contributed by atoms with Crippen molar-refractivity contribution in [3.8, 4) is 5.88 Å². The van der Waals surface area contributed by atoms with E-state index in [1.165, 1.54) is 0 Å². The van der Waals surface area contributed by atoms with Crippen molar-refractivity contribution in [2.45, 2.75) is 13.5 Å². The first-order valence-electron chi connectivity index (χ1n) is 4.81. The standard InChI is InChI=1S/C10H13N3O2/c1-3-15-9-5-4-7-10(13-9)12-8(11-7)6-14-2/h4-5H,3,6H2,1-2H3,(H,11,12,13). The molecule has 0 aliphatic rings. The van der Waals surface area contributed by atoms with Gasteiger partial charge in [0.2, 0.25) is 5.88 Å². The van der Waals surface area contributed by atoms with E-state index in [1.807, 2.05) is 19.1 Å². The molecule has 0 saturated carbocycles. The molecule has 5 nitrogen and oxygen atoms in total. The fourth-order valence-electron chi connectivity index (χ4n) is 1.36. The summed E-state index contributed by atoms with van der Waals surface area (Å²) in [5.74, 6) is 1.37. The van der Waals surface area contributed by atoms with Gasteiger partial charge in [0.25, 0.3) is 0 Å². The number of pyridine rings is 1. The minimum atomic E-state index is 0.459. The number of aromatic nitrogens is 3. The van der Waals surface area contributed by atoms with Crippen LogP contribution in [-0.4, -0.2) is 28.7 Å². The van der Waals surface area contributed by atoms with E-state index >= 15 is 0 Å². The zero-order valence-corrected chi connectivity index (χ0v) is 8.78. The predicted molar refractivity (Wildman–Crippen MR) is 55.8 cm³/mol. The lowest BCUT2D eigenvalue weighted by atomic mass is 10.4. The van der Waals surface area contributed by atoms with E-state index in [9.17, 15) is 0 Å². The summed E-state index contributed by atoms with van der Waals surface area (Å²) in [6.07, 6.45) is 0. The summed E-state index contributed by atoms with van der Waals surface area (Å²) >= 11 is 0. The molecule has 2 rings (SSSR count). The van der Waals surface area contributed by atoms with Gasteiger partial charge in [0, 0.05) is 13.2 Å². The van der Waals surface area contributed by atoms with Crippen LogP contribution in [0.3, 0.4) is 0 Å². The smallest absolute Gasteiger partial charge is 0.215 e. The molecule has 0 spiro atoms. The third-order valence-corrected chi connectivity index (χ3v) is 1.94. The average molecular weight is 207 g/mol. The van der Waals surface area contributed by atoms with Crippen LogP contribution in [0.4, 0.5) is 0 Å². The lowest BCUT2D eigenvalue weighted by Crippen LogP contribution is -1.93. The van der Waals surface area contributed by atoms with Crippen LogP contribution in [-0.2, 0) is 11.3 Å². The van der Waals surface area contributed by atoms with E-state index < -0.39 is 0 Å². The lowest BCUT2D eigenvalue weighted by Gasteiger charge is -1.99. The normalized spacial score (nSPS) is 10.8. The van der Waals surface area contributed by atoms with Crippen LogP contribution in [0.5, 0.6) is 5.88 Å². The number of methoxy groups -OCH3 is 1. The second kappa shape index (κ2) is 4.27. The maximum Gasteiger partial charge on any atom is 0.215 e. The first kappa shape index (κ1) is 9.92. The predicted octanol–water partition coefficient (Wildman–Crippen LogP) is 1.50. The topological polar surface area (TPSA) is 60.0 Å². The van der Waals surface area contributed by atoms with E-state index in [-0.39, 0.29) is 0 Å². The van der Waals surface area contributed by atoms with Gasteiger partial charge in [-0.25, -0.2) is 4.98 Å². The van der Waals surface area contributed by atoms with Gasteiger partial charge in [0.05, 0.1) is 12.1 Å². The Morgan fingerprint density at radius 2 is 2.20 bits per heavy atom. The number of nitrogens with zero attached hydrogens (tertiary/aromatic N) is 2. The Kier molecular flexibility index (Phi) is 2.82. The van der Waals surface area contributed by atoms with Crippen LogP contribution in [0, 0.1) is 0 Å². The Balaban J connectivity index is 2.34. The van der Waals surface area contributed by atoms with Crippen LogP contribution in [0.25, 0.3) is 11.2 Å². The van der Waals surface area contributed by atoms with Crippen LogP contribution in [0.1, 0.15) is 12.7 Å². The summed E-state index contributed by atoms with van der Waals surface area (Å²) in [4.78, 5) is 11.6. The van der Waals surface area contributed by atoms with Gasteiger partial charge in [-0.1, -0.05) is 0 Å². The molecule has 0 radical (unpaired) electrons. The van der Waals surface area contributed by atoms with E-state index in [0.717, 1.165) is 11.3 Å². The molecule has 1 N–H and O–H groups in total. The van der Waals surface area contributed by atoms with Gasteiger partial charge in [-0.15, -0.1) is 0 Å². The molecule has 80 valence electrons. The first-order valence-corrected chi connectivity index (χ1v) is 4.81. The number of aromatic amines is 1. The summed E-state index contributed by atoms with van der Waals surface area (Å²) in [6.45, 7) is 2.99. The van der Waals surface area contributed by atoms with Crippen molar-refractivity contribution in [3.63, 3.8) is 0 Å². The highest BCUT2D eigenvalue weighted by Crippen LogP contribution is 2.14. The molecule has 5 heteroatoms. The molecule has 0 fully saturated rings. The molecule has 0 unspecified atom stereocenters. The largest absolute Gasteiger partial charge is 0.478 e. The van der Waals surface area contributed by atoms with Crippen molar-refractivity contribution in [2.75, 3.05) is 13.7 Å². The van der Waals surface area contributed by atoms with Crippen molar-refractivity contribution >= 4 is 11.2 Å². The van der Waals surface area contributed by atoms with Gasteiger partial charge in [-0.05, 0) is 13.0 Å². The van der Waals surface area contributed by atoms with Crippen LogP contribution < -0.4 is 4.74 Å². The zero-order chi connectivity index (χ0) is 10.7. The molecule has 2 heterocycles. The fraction of sp³-hybridized carbons (Fsp3) is 0.400. The molecule has 2 aromatic rings. The average Bonchev–Trinajstić information content (AvgIpc) is 2.60. The van der Waals surface area contributed by atoms with Gasteiger partial charge < -0.3 is 14.5 Å². The third-order valence-electron chi connectivity index (χ3n) is 1.94. The summed E-state index contributed by atoms with van der Waals surface area (Å²) in [7, 11) is 1.63. The number of fused-ring (bicyclic) bond motifs is 1. The van der Waals surface area contributed by atoms with Gasteiger partial charge in [-0.2, -0.15) is 4.98 Å². The van der Waals surface area contributed by atoms with E-state index in [4.69, 9.17) is 9.47 Å². The number of rotatable bonds is 4. The quantitative estimate of drug-likeness (QED) is 0.825. The Morgan fingerprint density at radius 3 is 2.93 bits per heavy atom. The Morgan fingerprint density at radius 1 is 1.33 bits per heavy atom. The molecule has 0 aliphatic carbocycles. The summed E-state index contributed by atoms with van der Waals surface area (Å²) < 4.78 is 10.3. The number of imidazole rings is 1. The maximum absolute atomic E-state index is 5.29. The Bertz CT molecular complexity index is 449. The van der Waals surface area contributed by atoms with Gasteiger partial charge in [-0.3, -0.25) is 0 Å². The van der Waals surface area contributed by atoms with Gasteiger partial charge in [0.15, 0.2) is 5.65 Å². The Labute approximate surface area is 87.4 Å². The molecule has 0 saturated heterocycles. The third kappa shape index (κ3) is 2.07. The van der Waals surface area contributed by atoms with Crippen molar-refractivity contribution in [2.24, 2.45) is 0 Å². The highest BCUT2D eigenvalue weighted by Gasteiger charge is 2.04. The number of hydrogen-bond donors (Lipinski definition) is 1. The van der Waals surface area contributed by atoms with Crippen LogP contribution in [0.15, 0.2) is 12.1 Å². The first-order chi connectivity index (χ1) is 7.33. The minimum Gasteiger partial charge on any atom is -0.478 e. The molecule has 0 bridgehead atoms. The number of H-pyrrole nitrogens is 1. The second-order valence-electron chi connectivity index (χ2n) is 3.07. The summed E-state index contributed by atoms with van der Waals surface area (Å²) in [5.41, 5.74) is 1.55.